The van der Waals surface area contributed by atoms with Crippen molar-refractivity contribution in [3.8, 4) is 0 Å². The third kappa shape index (κ3) is 9.64. The molecule has 0 aliphatic carbocycles. The number of nitrogens with zero attached hydrogens (tertiary/aromatic N) is 6. The van der Waals surface area contributed by atoms with Gasteiger partial charge in [-0.25, -0.2) is 0 Å². The summed E-state index contributed by atoms with van der Waals surface area (Å²) in [7, 11) is 5.13. The van der Waals surface area contributed by atoms with E-state index in [1.807, 2.05) is 0 Å². The highest BCUT2D eigenvalue weighted by Crippen LogP contribution is 2.31. The number of halogens is 1. The summed E-state index contributed by atoms with van der Waals surface area (Å²) in [6, 6.07) is 4.74. The average Bonchev–Trinajstić information content (AvgIpc) is 3.90. The van der Waals surface area contributed by atoms with Gasteiger partial charge in [-0.3, -0.25) is 29.0 Å². The second-order valence-electron chi connectivity index (χ2n) is 13.1. The normalized spacial score (nSPS) is 15.2. The highest BCUT2D eigenvalue weighted by Gasteiger charge is 2.22. The standard InChI is InChI=1S/C34H46ClN13O4S/c1-44-19-22(16-25(44)30(49)38-8-14-47-10-4-36-5-11-47)40-31(50)26-17-23(20-45(26)2)41-32(51)27-18-24(21-46(27)3)42-33(52)29-28(35)34(53-43-29)39-9-15-48-12-6-37-7-13-48/h16-21,36-37,39H,4-15H2,1-3H3,(H,38,49)(H,40,50)(H,41,51)(H,42,52). The van der Waals surface area contributed by atoms with E-state index in [0.29, 0.717) is 46.5 Å². The van der Waals surface area contributed by atoms with Crippen molar-refractivity contribution in [3.05, 3.63) is 64.6 Å². The molecule has 4 aromatic rings. The zero-order valence-electron chi connectivity index (χ0n) is 30.1. The second-order valence-corrected chi connectivity index (χ2v) is 14.2. The minimum absolute atomic E-state index is 0.0997. The molecule has 0 radical (unpaired) electrons. The summed E-state index contributed by atoms with van der Waals surface area (Å²) in [6.45, 7) is 10.6. The molecule has 0 unspecified atom stereocenters. The van der Waals surface area contributed by atoms with E-state index in [1.165, 1.54) is 0 Å². The predicted molar refractivity (Wildman–Crippen MR) is 207 cm³/mol. The lowest BCUT2D eigenvalue weighted by atomic mass is 10.3. The summed E-state index contributed by atoms with van der Waals surface area (Å²) in [4.78, 5) is 57.1. The molecule has 17 nitrogen and oxygen atoms in total. The number of rotatable bonds is 14. The molecular formula is C34H46ClN13O4S. The van der Waals surface area contributed by atoms with Crippen molar-refractivity contribution in [1.29, 1.82) is 0 Å². The van der Waals surface area contributed by atoms with Gasteiger partial charge in [0.2, 0.25) is 0 Å². The van der Waals surface area contributed by atoms with Gasteiger partial charge in [-0.2, -0.15) is 4.37 Å². The fourth-order valence-corrected chi connectivity index (χ4v) is 7.35. The number of anilines is 4. The van der Waals surface area contributed by atoms with Crippen LogP contribution in [0.15, 0.2) is 36.8 Å². The zero-order valence-corrected chi connectivity index (χ0v) is 31.6. The molecule has 0 atom stereocenters. The highest BCUT2D eigenvalue weighted by atomic mass is 35.5. The molecule has 2 saturated heterocycles. The number of aromatic nitrogens is 4. The Morgan fingerprint density at radius 1 is 0.679 bits per heavy atom. The molecule has 6 heterocycles. The number of piperazine rings is 2. The lowest BCUT2D eigenvalue weighted by molar-refractivity contribution is 0.0937. The first kappa shape index (κ1) is 38.0. The molecule has 4 aromatic heterocycles. The Kier molecular flexibility index (Phi) is 12.5. The van der Waals surface area contributed by atoms with Crippen LogP contribution in [0.25, 0.3) is 0 Å². The fourth-order valence-electron chi connectivity index (χ4n) is 6.30. The Morgan fingerprint density at radius 2 is 1.11 bits per heavy atom. The number of carbonyl (C=O) groups excluding carboxylic acids is 4. The molecule has 2 fully saturated rings. The molecule has 0 spiro atoms. The third-order valence-electron chi connectivity index (χ3n) is 9.18. The van der Waals surface area contributed by atoms with Crippen molar-refractivity contribution in [1.82, 2.24) is 43.8 Å². The SMILES string of the molecule is Cn1cc(NC(=O)c2cc(NC(=O)c3cc(NC(=O)c4nsc(NCCN5CCNCC5)c4Cl)cn3C)cn2C)cc1C(=O)NCCN1CCNCC1. The second kappa shape index (κ2) is 17.4. The highest BCUT2D eigenvalue weighted by molar-refractivity contribution is 7.11. The first-order valence-electron chi connectivity index (χ1n) is 17.5. The molecule has 7 N–H and O–H groups in total. The first-order valence-corrected chi connectivity index (χ1v) is 18.7. The van der Waals surface area contributed by atoms with Crippen LogP contribution in [0, 0.1) is 0 Å². The number of carbonyl (C=O) groups is 4. The Bertz CT molecular complexity index is 1940. The van der Waals surface area contributed by atoms with Crippen LogP contribution in [0.5, 0.6) is 0 Å². The quantitative estimate of drug-likeness (QED) is 0.0993. The van der Waals surface area contributed by atoms with Crippen LogP contribution in [-0.4, -0.2) is 130 Å². The van der Waals surface area contributed by atoms with Crippen molar-refractivity contribution < 1.29 is 19.2 Å². The number of aryl methyl sites for hydroxylation is 3. The van der Waals surface area contributed by atoms with Crippen molar-refractivity contribution in [2.75, 3.05) is 99.8 Å². The van der Waals surface area contributed by atoms with Crippen LogP contribution >= 0.6 is 23.1 Å². The van der Waals surface area contributed by atoms with Gasteiger partial charge in [-0.15, -0.1) is 0 Å². The topological polar surface area (TPSA) is 187 Å². The Labute approximate surface area is 316 Å². The Morgan fingerprint density at radius 3 is 1.60 bits per heavy atom. The van der Waals surface area contributed by atoms with Gasteiger partial charge in [0.15, 0.2) is 5.69 Å². The van der Waals surface area contributed by atoms with Gasteiger partial charge in [0, 0.05) is 118 Å². The largest absolute Gasteiger partial charge is 0.373 e. The molecule has 19 heteroatoms. The summed E-state index contributed by atoms with van der Waals surface area (Å²) < 4.78 is 9.10. The van der Waals surface area contributed by atoms with Crippen LogP contribution in [0.1, 0.15) is 42.0 Å². The van der Waals surface area contributed by atoms with Crippen molar-refractivity contribution in [2.24, 2.45) is 21.1 Å². The van der Waals surface area contributed by atoms with Crippen molar-refractivity contribution in [2.45, 2.75) is 0 Å². The third-order valence-corrected chi connectivity index (χ3v) is 10.5. The number of hydrogen-bond acceptors (Lipinski definition) is 11. The lowest BCUT2D eigenvalue weighted by Gasteiger charge is -2.27. The summed E-state index contributed by atoms with van der Waals surface area (Å²) in [5, 5.41) is 22.2. The Hall–Kier alpha value is -4.72. The van der Waals surface area contributed by atoms with Gasteiger partial charge >= 0.3 is 0 Å². The van der Waals surface area contributed by atoms with Gasteiger partial charge in [-0.05, 0) is 29.7 Å². The van der Waals surface area contributed by atoms with Crippen molar-refractivity contribution >= 4 is 68.8 Å². The average molecular weight is 768 g/mol. The van der Waals surface area contributed by atoms with Crippen LogP contribution in [0.2, 0.25) is 5.02 Å². The van der Waals surface area contributed by atoms with Gasteiger partial charge in [0.25, 0.3) is 23.6 Å². The summed E-state index contributed by atoms with van der Waals surface area (Å²) in [5.41, 5.74) is 2.35. The van der Waals surface area contributed by atoms with Crippen LogP contribution in [0.4, 0.5) is 22.1 Å². The van der Waals surface area contributed by atoms with Crippen LogP contribution in [-0.2, 0) is 21.1 Å². The van der Waals surface area contributed by atoms with E-state index >= 15 is 0 Å². The van der Waals surface area contributed by atoms with E-state index in [-0.39, 0.29) is 22.3 Å². The van der Waals surface area contributed by atoms with Crippen LogP contribution < -0.4 is 37.2 Å². The van der Waals surface area contributed by atoms with E-state index in [9.17, 15) is 19.2 Å². The minimum atomic E-state index is -0.491. The molecule has 6 rings (SSSR count). The maximum Gasteiger partial charge on any atom is 0.277 e. The van der Waals surface area contributed by atoms with Gasteiger partial charge < -0.3 is 50.9 Å². The van der Waals surface area contributed by atoms with E-state index in [2.05, 4.69) is 51.4 Å². The summed E-state index contributed by atoms with van der Waals surface area (Å²) >= 11 is 7.63. The molecule has 0 saturated carbocycles. The number of amides is 4. The van der Waals surface area contributed by atoms with E-state index in [4.69, 9.17) is 11.6 Å². The molecule has 4 amide bonds. The summed E-state index contributed by atoms with van der Waals surface area (Å²) in [5.74, 6) is -1.56. The molecular weight excluding hydrogens is 722 g/mol. The number of hydrogen-bond donors (Lipinski definition) is 7. The van der Waals surface area contributed by atoms with Crippen molar-refractivity contribution in [3.63, 3.8) is 0 Å². The van der Waals surface area contributed by atoms with E-state index < -0.39 is 17.7 Å². The predicted octanol–water partition coefficient (Wildman–Crippen LogP) is 1.52. The minimum Gasteiger partial charge on any atom is -0.373 e. The summed E-state index contributed by atoms with van der Waals surface area (Å²) in [6.07, 6.45) is 4.92. The molecule has 284 valence electrons. The molecule has 2 aliphatic rings. The number of nitrogens with one attached hydrogen (secondary N) is 7. The van der Waals surface area contributed by atoms with E-state index in [0.717, 1.165) is 77.0 Å². The lowest BCUT2D eigenvalue weighted by Crippen LogP contribution is -2.46. The smallest absolute Gasteiger partial charge is 0.277 e. The Balaban J connectivity index is 1.00. The maximum absolute atomic E-state index is 13.3. The van der Waals surface area contributed by atoms with Gasteiger partial charge in [0.1, 0.15) is 27.1 Å². The van der Waals surface area contributed by atoms with Crippen LogP contribution in [0.3, 0.4) is 0 Å². The maximum atomic E-state index is 13.3. The molecule has 0 bridgehead atoms. The molecule has 0 aromatic carbocycles. The molecule has 53 heavy (non-hydrogen) atoms. The monoisotopic (exact) mass is 767 g/mol. The zero-order chi connectivity index (χ0) is 37.5. The van der Waals surface area contributed by atoms with Gasteiger partial charge in [-0.1, -0.05) is 11.6 Å². The van der Waals surface area contributed by atoms with Gasteiger partial charge in [0.05, 0.1) is 17.1 Å². The van der Waals surface area contributed by atoms with E-state index in [1.54, 1.807) is 71.6 Å². The first-order chi connectivity index (χ1) is 25.5. The fraction of sp³-hybridized carbons (Fsp3) is 0.441. The molecule has 2 aliphatic heterocycles.